The van der Waals surface area contributed by atoms with Crippen LogP contribution in [0.25, 0.3) is 0 Å². The van der Waals surface area contributed by atoms with Crippen LogP contribution in [0.3, 0.4) is 0 Å². The molecule has 3 rings (SSSR count). The van der Waals surface area contributed by atoms with Gasteiger partial charge in [-0.3, -0.25) is 4.90 Å². The lowest BCUT2D eigenvalue weighted by Crippen LogP contribution is -2.52. The van der Waals surface area contributed by atoms with E-state index in [-0.39, 0.29) is 5.97 Å². The summed E-state index contributed by atoms with van der Waals surface area (Å²) >= 11 is 5.95. The summed E-state index contributed by atoms with van der Waals surface area (Å²) in [5.41, 5.74) is 1.40. The molecule has 1 aliphatic rings. The van der Waals surface area contributed by atoms with Gasteiger partial charge in [-0.15, -0.1) is 0 Å². The van der Waals surface area contributed by atoms with Crippen LogP contribution in [0.15, 0.2) is 42.6 Å². The second-order valence-electron chi connectivity index (χ2n) is 6.15. The first kappa shape index (κ1) is 19.6. The average molecular weight is 392 g/mol. The van der Waals surface area contributed by atoms with Gasteiger partial charge in [0.05, 0.1) is 30.9 Å². The first-order valence-electron chi connectivity index (χ1n) is 8.64. The molecule has 8 heteroatoms. The summed E-state index contributed by atoms with van der Waals surface area (Å²) in [5.74, 6) is 0.224. The quantitative estimate of drug-likeness (QED) is 0.597. The molecule has 0 bridgehead atoms. The molecule has 1 saturated heterocycles. The van der Waals surface area contributed by atoms with Crippen molar-refractivity contribution in [1.82, 2.24) is 9.88 Å². The molecular formula is C19H22ClN3O4. The van der Waals surface area contributed by atoms with Crippen LogP contribution in [0, 0.1) is 0 Å². The number of ether oxygens (including phenoxy) is 2. The number of halogens is 1. The summed E-state index contributed by atoms with van der Waals surface area (Å²) in [6.07, 6.45) is 0.693. The molecule has 1 N–H and O–H groups in total. The SMILES string of the molecule is COC(=O)c1ccc(CN(c2ccc(Cl)cn2)C(O)N2CCOCC2)cc1. The lowest BCUT2D eigenvalue weighted by Gasteiger charge is -2.38. The number of carbonyl (C=O) groups excluding carboxylic acids is 1. The number of aliphatic hydroxyl groups is 1. The standard InChI is InChI=1S/C19H22ClN3O4/c1-26-18(24)15-4-2-14(3-5-15)13-23(17-7-6-16(20)12-21-17)19(25)22-8-10-27-11-9-22/h2-7,12,19,25H,8-11,13H2,1H3. The number of aliphatic hydroxyl groups excluding tert-OH is 1. The maximum absolute atomic E-state index is 11.6. The molecule has 1 fully saturated rings. The zero-order valence-corrected chi connectivity index (χ0v) is 15.8. The second-order valence-corrected chi connectivity index (χ2v) is 6.58. The number of morpholine rings is 1. The molecule has 1 unspecified atom stereocenters. The fraction of sp³-hybridized carbons (Fsp3) is 0.368. The fourth-order valence-electron chi connectivity index (χ4n) is 2.89. The average Bonchev–Trinajstić information content (AvgIpc) is 2.73. The van der Waals surface area contributed by atoms with E-state index < -0.39 is 6.35 Å². The molecule has 1 aromatic carbocycles. The van der Waals surface area contributed by atoms with E-state index in [1.807, 2.05) is 17.0 Å². The van der Waals surface area contributed by atoms with E-state index in [4.69, 9.17) is 21.1 Å². The van der Waals surface area contributed by atoms with Crippen molar-refractivity contribution in [2.24, 2.45) is 0 Å². The van der Waals surface area contributed by atoms with Gasteiger partial charge in [-0.25, -0.2) is 9.78 Å². The van der Waals surface area contributed by atoms with E-state index in [0.717, 1.165) is 5.56 Å². The minimum absolute atomic E-state index is 0.383. The molecule has 0 radical (unpaired) electrons. The summed E-state index contributed by atoms with van der Waals surface area (Å²) in [7, 11) is 1.35. The lowest BCUT2D eigenvalue weighted by molar-refractivity contribution is -0.0600. The minimum Gasteiger partial charge on any atom is -0.465 e. The number of carbonyl (C=O) groups is 1. The van der Waals surface area contributed by atoms with E-state index in [0.29, 0.717) is 49.3 Å². The number of benzene rings is 1. The van der Waals surface area contributed by atoms with Gasteiger partial charge in [0.25, 0.3) is 0 Å². The number of methoxy groups -OCH3 is 1. The zero-order chi connectivity index (χ0) is 19.2. The lowest BCUT2D eigenvalue weighted by atomic mass is 10.1. The van der Waals surface area contributed by atoms with Gasteiger partial charge >= 0.3 is 5.97 Å². The zero-order valence-electron chi connectivity index (χ0n) is 15.0. The van der Waals surface area contributed by atoms with Gasteiger partial charge < -0.3 is 19.5 Å². The number of hydrogen-bond acceptors (Lipinski definition) is 7. The molecular weight excluding hydrogens is 370 g/mol. The molecule has 0 amide bonds. The Morgan fingerprint density at radius 1 is 1.30 bits per heavy atom. The normalized spacial score (nSPS) is 16.0. The Kier molecular flexibility index (Phi) is 6.63. The Morgan fingerprint density at radius 2 is 2.00 bits per heavy atom. The molecule has 2 aromatic rings. The van der Waals surface area contributed by atoms with E-state index in [1.165, 1.54) is 7.11 Å². The monoisotopic (exact) mass is 391 g/mol. The molecule has 27 heavy (non-hydrogen) atoms. The molecule has 1 aliphatic heterocycles. The molecule has 0 spiro atoms. The van der Waals surface area contributed by atoms with Crippen LogP contribution >= 0.6 is 11.6 Å². The summed E-state index contributed by atoms with van der Waals surface area (Å²) < 4.78 is 10.1. The Bertz CT molecular complexity index is 749. The number of nitrogens with zero attached hydrogens (tertiary/aromatic N) is 3. The number of aromatic nitrogens is 1. The van der Waals surface area contributed by atoms with Crippen LogP contribution in [0.1, 0.15) is 15.9 Å². The van der Waals surface area contributed by atoms with Gasteiger partial charge in [0.1, 0.15) is 5.82 Å². The van der Waals surface area contributed by atoms with E-state index >= 15 is 0 Å². The van der Waals surface area contributed by atoms with Gasteiger partial charge in [-0.1, -0.05) is 23.7 Å². The van der Waals surface area contributed by atoms with Crippen molar-refractivity contribution in [3.05, 3.63) is 58.7 Å². The molecule has 1 aromatic heterocycles. The van der Waals surface area contributed by atoms with E-state index in [2.05, 4.69) is 4.98 Å². The predicted molar refractivity (Wildman–Crippen MR) is 102 cm³/mol. The number of esters is 1. The third-order valence-corrected chi connectivity index (χ3v) is 4.61. The van der Waals surface area contributed by atoms with Crippen molar-refractivity contribution in [3.8, 4) is 0 Å². The van der Waals surface area contributed by atoms with Crippen molar-refractivity contribution in [2.75, 3.05) is 38.3 Å². The first-order chi connectivity index (χ1) is 13.1. The van der Waals surface area contributed by atoms with E-state index in [9.17, 15) is 9.90 Å². The molecule has 144 valence electrons. The third-order valence-electron chi connectivity index (χ3n) is 4.39. The number of hydrogen-bond donors (Lipinski definition) is 1. The highest BCUT2D eigenvalue weighted by Gasteiger charge is 2.26. The molecule has 1 atom stereocenters. The van der Waals surface area contributed by atoms with Gasteiger partial charge in [0.2, 0.25) is 0 Å². The largest absolute Gasteiger partial charge is 0.465 e. The minimum atomic E-state index is -0.858. The Labute approximate surface area is 163 Å². The van der Waals surface area contributed by atoms with Crippen molar-refractivity contribution in [2.45, 2.75) is 12.9 Å². The van der Waals surface area contributed by atoms with Crippen molar-refractivity contribution >= 4 is 23.4 Å². The Balaban J connectivity index is 1.82. The van der Waals surface area contributed by atoms with Crippen LogP contribution in [-0.4, -0.2) is 60.7 Å². The summed E-state index contributed by atoms with van der Waals surface area (Å²) in [5, 5.41) is 11.5. The van der Waals surface area contributed by atoms with Gasteiger partial charge in [-0.2, -0.15) is 0 Å². The van der Waals surface area contributed by atoms with Gasteiger partial charge in [0, 0.05) is 25.8 Å². The maximum Gasteiger partial charge on any atom is 0.337 e. The molecule has 0 saturated carbocycles. The Hall–Kier alpha value is -2.19. The van der Waals surface area contributed by atoms with Crippen molar-refractivity contribution < 1.29 is 19.4 Å². The van der Waals surface area contributed by atoms with Gasteiger partial charge in [0.15, 0.2) is 6.35 Å². The molecule has 0 aliphatic carbocycles. The fourth-order valence-corrected chi connectivity index (χ4v) is 3.00. The van der Waals surface area contributed by atoms with E-state index in [1.54, 1.807) is 35.4 Å². The second kappa shape index (κ2) is 9.14. The summed E-state index contributed by atoms with van der Waals surface area (Å²) in [6, 6.07) is 10.6. The predicted octanol–water partition coefficient (Wildman–Crippen LogP) is 2.14. The third kappa shape index (κ3) is 4.95. The van der Waals surface area contributed by atoms with Crippen LogP contribution in [0.4, 0.5) is 5.82 Å². The topological polar surface area (TPSA) is 75.1 Å². The van der Waals surface area contributed by atoms with Crippen molar-refractivity contribution in [3.63, 3.8) is 0 Å². The van der Waals surface area contributed by atoms with Crippen LogP contribution in [0.5, 0.6) is 0 Å². The summed E-state index contributed by atoms with van der Waals surface area (Å²) in [6.45, 7) is 2.83. The van der Waals surface area contributed by atoms with Crippen LogP contribution < -0.4 is 4.90 Å². The smallest absolute Gasteiger partial charge is 0.337 e. The highest BCUT2D eigenvalue weighted by Crippen LogP contribution is 2.21. The maximum atomic E-state index is 11.6. The highest BCUT2D eigenvalue weighted by atomic mass is 35.5. The highest BCUT2D eigenvalue weighted by molar-refractivity contribution is 6.30. The number of anilines is 1. The van der Waals surface area contributed by atoms with Crippen LogP contribution in [0.2, 0.25) is 5.02 Å². The molecule has 7 nitrogen and oxygen atoms in total. The number of pyridine rings is 1. The van der Waals surface area contributed by atoms with Crippen LogP contribution in [-0.2, 0) is 16.0 Å². The Morgan fingerprint density at radius 3 is 2.59 bits per heavy atom. The summed E-state index contributed by atoms with van der Waals surface area (Å²) in [4.78, 5) is 19.7. The number of rotatable bonds is 6. The first-order valence-corrected chi connectivity index (χ1v) is 9.01. The molecule has 2 heterocycles. The van der Waals surface area contributed by atoms with Gasteiger partial charge in [-0.05, 0) is 29.8 Å². The van der Waals surface area contributed by atoms with Crippen molar-refractivity contribution in [1.29, 1.82) is 0 Å².